The molecule has 0 saturated carbocycles. The van der Waals surface area contributed by atoms with Gasteiger partial charge >= 0.3 is 0 Å². The number of ether oxygens (including phenoxy) is 2. The maximum atomic E-state index is 12.7. The van der Waals surface area contributed by atoms with E-state index in [-0.39, 0.29) is 11.3 Å². The Bertz CT molecular complexity index is 1270. The molecule has 0 aliphatic rings. The highest BCUT2D eigenvalue weighted by Gasteiger charge is 2.12. The molecular weight excluding hydrogens is 382 g/mol. The summed E-state index contributed by atoms with van der Waals surface area (Å²) in [6.07, 6.45) is 0. The SMILES string of the molecule is COc1cc(OC)cc(C(=O)Nc2cccc(-c3cc(=O)c4ccccc4o3)c2)c1. The maximum Gasteiger partial charge on any atom is 0.255 e. The van der Waals surface area contributed by atoms with Crippen molar-refractivity contribution in [2.45, 2.75) is 0 Å². The van der Waals surface area contributed by atoms with Crippen molar-refractivity contribution in [1.29, 1.82) is 0 Å². The summed E-state index contributed by atoms with van der Waals surface area (Å²) in [6, 6.07) is 20.6. The molecule has 1 amide bonds. The number of methoxy groups -OCH3 is 2. The standard InChI is InChI=1S/C24H19NO5/c1-28-18-11-16(12-19(13-18)29-2)24(27)25-17-7-5-6-15(10-17)23-14-21(26)20-8-3-4-9-22(20)30-23/h3-14H,1-2H3,(H,25,27). The molecule has 0 saturated heterocycles. The number of carbonyl (C=O) groups excluding carboxylic acids is 1. The third kappa shape index (κ3) is 3.89. The molecule has 0 radical (unpaired) electrons. The fraction of sp³-hybridized carbons (Fsp3) is 0.0833. The van der Waals surface area contributed by atoms with E-state index in [4.69, 9.17) is 13.9 Å². The highest BCUT2D eigenvalue weighted by molar-refractivity contribution is 6.05. The lowest BCUT2D eigenvalue weighted by atomic mass is 10.1. The summed E-state index contributed by atoms with van der Waals surface area (Å²) in [5.74, 6) is 1.15. The number of hydrogen-bond donors (Lipinski definition) is 1. The van der Waals surface area contributed by atoms with Gasteiger partial charge in [-0.1, -0.05) is 24.3 Å². The molecule has 6 nitrogen and oxygen atoms in total. The topological polar surface area (TPSA) is 77.8 Å². The minimum atomic E-state index is -0.315. The van der Waals surface area contributed by atoms with Gasteiger partial charge in [0.1, 0.15) is 22.8 Å². The molecule has 4 aromatic rings. The van der Waals surface area contributed by atoms with Crippen molar-refractivity contribution in [1.82, 2.24) is 0 Å². The number of nitrogens with one attached hydrogen (secondary N) is 1. The predicted molar refractivity (Wildman–Crippen MR) is 115 cm³/mol. The normalized spacial score (nSPS) is 10.6. The molecule has 1 aromatic heterocycles. The van der Waals surface area contributed by atoms with Gasteiger partial charge in [0, 0.05) is 28.9 Å². The molecule has 3 aromatic carbocycles. The van der Waals surface area contributed by atoms with Crippen LogP contribution in [-0.2, 0) is 0 Å². The molecular formula is C24H19NO5. The molecule has 30 heavy (non-hydrogen) atoms. The largest absolute Gasteiger partial charge is 0.497 e. The third-order valence-corrected chi connectivity index (χ3v) is 4.65. The first-order chi connectivity index (χ1) is 14.6. The minimum absolute atomic E-state index is 0.121. The highest BCUT2D eigenvalue weighted by Crippen LogP contribution is 2.26. The second kappa shape index (κ2) is 8.13. The summed E-state index contributed by atoms with van der Waals surface area (Å²) in [6.45, 7) is 0. The van der Waals surface area contributed by atoms with Gasteiger partial charge in [-0.2, -0.15) is 0 Å². The number of anilines is 1. The van der Waals surface area contributed by atoms with Crippen LogP contribution >= 0.6 is 0 Å². The Morgan fingerprint density at radius 2 is 1.60 bits per heavy atom. The van der Waals surface area contributed by atoms with Crippen molar-refractivity contribution in [3.63, 3.8) is 0 Å². The Kier molecular flexibility index (Phi) is 5.22. The molecule has 0 fully saturated rings. The van der Waals surface area contributed by atoms with Gasteiger partial charge in [0.2, 0.25) is 0 Å². The zero-order valence-electron chi connectivity index (χ0n) is 16.5. The summed E-state index contributed by atoms with van der Waals surface area (Å²) in [4.78, 5) is 25.1. The van der Waals surface area contributed by atoms with Crippen molar-refractivity contribution in [3.05, 3.63) is 88.6 Å². The van der Waals surface area contributed by atoms with E-state index in [1.165, 1.54) is 20.3 Å². The van der Waals surface area contributed by atoms with Crippen molar-refractivity contribution >= 4 is 22.6 Å². The van der Waals surface area contributed by atoms with E-state index in [1.807, 2.05) is 12.1 Å². The molecule has 0 bridgehead atoms. The smallest absolute Gasteiger partial charge is 0.255 e. The van der Waals surface area contributed by atoms with Crippen LogP contribution in [0.25, 0.3) is 22.3 Å². The number of hydrogen-bond acceptors (Lipinski definition) is 5. The van der Waals surface area contributed by atoms with Crippen molar-refractivity contribution in [2.24, 2.45) is 0 Å². The number of benzene rings is 3. The van der Waals surface area contributed by atoms with Crippen LogP contribution in [0.2, 0.25) is 0 Å². The second-order valence-electron chi connectivity index (χ2n) is 6.61. The van der Waals surface area contributed by atoms with E-state index in [0.717, 1.165) is 0 Å². The van der Waals surface area contributed by atoms with E-state index < -0.39 is 0 Å². The minimum Gasteiger partial charge on any atom is -0.497 e. The van der Waals surface area contributed by atoms with Crippen molar-refractivity contribution in [3.8, 4) is 22.8 Å². The lowest BCUT2D eigenvalue weighted by molar-refractivity contribution is 0.102. The van der Waals surface area contributed by atoms with Crippen molar-refractivity contribution in [2.75, 3.05) is 19.5 Å². The van der Waals surface area contributed by atoms with E-state index in [2.05, 4.69) is 5.32 Å². The Balaban J connectivity index is 1.65. The zero-order chi connectivity index (χ0) is 21.1. The van der Waals surface area contributed by atoms with Gasteiger partial charge in [0.15, 0.2) is 5.43 Å². The number of amides is 1. The van der Waals surface area contributed by atoms with Crippen molar-refractivity contribution < 1.29 is 18.7 Å². The van der Waals surface area contributed by atoms with Crippen LogP contribution in [0.5, 0.6) is 11.5 Å². The van der Waals surface area contributed by atoms with Gasteiger partial charge in [0.05, 0.1) is 19.6 Å². The monoisotopic (exact) mass is 401 g/mol. The molecule has 1 N–H and O–H groups in total. The van der Waals surface area contributed by atoms with E-state index in [1.54, 1.807) is 54.6 Å². The van der Waals surface area contributed by atoms with Crippen LogP contribution in [0.4, 0.5) is 5.69 Å². The highest BCUT2D eigenvalue weighted by atomic mass is 16.5. The Morgan fingerprint density at radius 3 is 2.33 bits per heavy atom. The quantitative estimate of drug-likeness (QED) is 0.523. The van der Waals surface area contributed by atoms with Crippen LogP contribution in [0.3, 0.4) is 0 Å². The number of carbonyl (C=O) groups is 1. The molecule has 0 aliphatic heterocycles. The molecule has 0 aliphatic carbocycles. The second-order valence-corrected chi connectivity index (χ2v) is 6.61. The lowest BCUT2D eigenvalue weighted by Gasteiger charge is -2.10. The van der Waals surface area contributed by atoms with Gasteiger partial charge in [-0.3, -0.25) is 9.59 Å². The maximum absolute atomic E-state index is 12.7. The molecule has 0 unspecified atom stereocenters. The summed E-state index contributed by atoms with van der Waals surface area (Å²) in [5.41, 5.74) is 2.03. The van der Waals surface area contributed by atoms with Gasteiger partial charge in [-0.25, -0.2) is 0 Å². The first-order valence-corrected chi connectivity index (χ1v) is 9.25. The molecule has 150 valence electrons. The van der Waals surface area contributed by atoms with E-state index in [9.17, 15) is 9.59 Å². The summed E-state index contributed by atoms with van der Waals surface area (Å²) in [5, 5.41) is 3.38. The van der Waals surface area contributed by atoms with Gasteiger partial charge in [-0.05, 0) is 36.4 Å². The first kappa shape index (κ1) is 19.3. The summed E-state index contributed by atoms with van der Waals surface area (Å²) < 4.78 is 16.3. The average molecular weight is 401 g/mol. The fourth-order valence-electron chi connectivity index (χ4n) is 3.14. The van der Waals surface area contributed by atoms with Crippen LogP contribution in [0, 0.1) is 0 Å². The molecule has 1 heterocycles. The predicted octanol–water partition coefficient (Wildman–Crippen LogP) is 4.73. The van der Waals surface area contributed by atoms with Gasteiger partial charge in [0.25, 0.3) is 5.91 Å². The van der Waals surface area contributed by atoms with Gasteiger partial charge < -0.3 is 19.2 Å². The summed E-state index contributed by atoms with van der Waals surface area (Å²) >= 11 is 0. The number of fused-ring (bicyclic) bond motifs is 1. The number of rotatable bonds is 5. The van der Waals surface area contributed by atoms with Crippen LogP contribution in [0.1, 0.15) is 10.4 Å². The Labute approximate surface area is 172 Å². The van der Waals surface area contributed by atoms with Crippen LogP contribution < -0.4 is 20.2 Å². The van der Waals surface area contributed by atoms with E-state index in [0.29, 0.717) is 45.0 Å². The summed E-state index contributed by atoms with van der Waals surface area (Å²) in [7, 11) is 3.05. The fourth-order valence-corrected chi connectivity index (χ4v) is 3.14. The number of para-hydroxylation sites is 1. The zero-order valence-corrected chi connectivity index (χ0v) is 16.5. The van der Waals surface area contributed by atoms with E-state index >= 15 is 0 Å². The molecule has 4 rings (SSSR count). The Hall–Kier alpha value is -4.06. The lowest BCUT2D eigenvalue weighted by Crippen LogP contribution is -2.12. The van der Waals surface area contributed by atoms with Crippen LogP contribution in [0.15, 0.2) is 82.0 Å². The average Bonchev–Trinajstić information content (AvgIpc) is 2.78. The van der Waals surface area contributed by atoms with Gasteiger partial charge in [-0.15, -0.1) is 0 Å². The molecule has 0 atom stereocenters. The Morgan fingerprint density at radius 1 is 0.867 bits per heavy atom. The van der Waals surface area contributed by atoms with Crippen LogP contribution in [-0.4, -0.2) is 20.1 Å². The first-order valence-electron chi connectivity index (χ1n) is 9.25. The molecule has 6 heteroatoms. The third-order valence-electron chi connectivity index (χ3n) is 4.65. The molecule has 0 spiro atoms.